The molecule has 5 rings (SSSR count). The van der Waals surface area contributed by atoms with Gasteiger partial charge in [0.05, 0.1) is 16.6 Å². The van der Waals surface area contributed by atoms with Crippen LogP contribution >= 0.6 is 0 Å². The van der Waals surface area contributed by atoms with Gasteiger partial charge in [0.2, 0.25) is 0 Å². The van der Waals surface area contributed by atoms with Crippen molar-refractivity contribution in [3.63, 3.8) is 0 Å². The molecule has 0 unspecified atom stereocenters. The number of nitrogens with zero attached hydrogens (tertiary/aromatic N) is 2. The molecule has 0 radical (unpaired) electrons. The molecule has 5 nitrogen and oxygen atoms in total. The van der Waals surface area contributed by atoms with E-state index in [1.54, 1.807) is 0 Å². The molecule has 0 atom stereocenters. The van der Waals surface area contributed by atoms with Gasteiger partial charge < -0.3 is 15.2 Å². The van der Waals surface area contributed by atoms with E-state index >= 15 is 0 Å². The number of rotatable bonds is 6. The van der Waals surface area contributed by atoms with Crippen LogP contribution in [0.25, 0.3) is 22.4 Å². The van der Waals surface area contributed by atoms with Crippen LogP contribution in [0.3, 0.4) is 0 Å². The van der Waals surface area contributed by atoms with Crippen molar-refractivity contribution in [2.75, 3.05) is 13.1 Å². The van der Waals surface area contributed by atoms with Crippen LogP contribution in [0.1, 0.15) is 21.5 Å². The number of carbonyl (C=O) groups excluding carboxylic acids is 1. The number of carbonyl (C=O) groups is 1. The number of imidazole rings is 1. The standard InChI is InChI=1S/C25H23FN4O/c26-20-10-6-17(7-11-20)12-13-27-16-18-4-8-19(9-5-18)24-29-22-3-1-2-21-23(22)30(24)15-14-28-25(21)31/h1-11,27H,12-16H2,(H,28,31). The maximum atomic E-state index is 13.0. The molecule has 0 aliphatic carbocycles. The zero-order valence-electron chi connectivity index (χ0n) is 17.1. The van der Waals surface area contributed by atoms with Gasteiger partial charge in [0, 0.05) is 25.2 Å². The first-order chi connectivity index (χ1) is 15.2. The van der Waals surface area contributed by atoms with Gasteiger partial charge in [-0.3, -0.25) is 4.79 Å². The average Bonchev–Trinajstić information content (AvgIpc) is 3.07. The van der Waals surface area contributed by atoms with Crippen LogP contribution in [0.4, 0.5) is 4.39 Å². The van der Waals surface area contributed by atoms with Gasteiger partial charge in [0.25, 0.3) is 5.91 Å². The summed E-state index contributed by atoms with van der Waals surface area (Å²) in [7, 11) is 0. The molecule has 156 valence electrons. The largest absolute Gasteiger partial charge is 0.350 e. The molecule has 2 heterocycles. The Morgan fingerprint density at radius 3 is 2.58 bits per heavy atom. The molecule has 6 heteroatoms. The van der Waals surface area contributed by atoms with Crippen molar-refractivity contribution >= 4 is 16.9 Å². The highest BCUT2D eigenvalue weighted by molar-refractivity contribution is 6.06. The Bertz CT molecular complexity index is 1230. The molecule has 1 aromatic heterocycles. The van der Waals surface area contributed by atoms with Gasteiger partial charge in [-0.25, -0.2) is 9.37 Å². The number of hydrogen-bond donors (Lipinski definition) is 2. The lowest BCUT2D eigenvalue weighted by Gasteiger charge is -2.09. The molecular formula is C25H23FN4O. The number of halogens is 1. The van der Waals surface area contributed by atoms with Gasteiger partial charge in [0.1, 0.15) is 11.6 Å². The summed E-state index contributed by atoms with van der Waals surface area (Å²) in [5.74, 6) is 0.638. The van der Waals surface area contributed by atoms with Crippen LogP contribution in [0.15, 0.2) is 66.7 Å². The van der Waals surface area contributed by atoms with E-state index in [-0.39, 0.29) is 11.7 Å². The molecule has 1 amide bonds. The third-order valence-corrected chi connectivity index (χ3v) is 5.68. The van der Waals surface area contributed by atoms with Crippen molar-refractivity contribution in [2.45, 2.75) is 19.5 Å². The SMILES string of the molecule is O=C1NCCn2c(-c3ccc(CNCCc4ccc(F)cc4)cc3)nc3cccc1c32. The number of para-hydroxylation sites is 1. The molecule has 0 saturated heterocycles. The van der Waals surface area contributed by atoms with Crippen molar-refractivity contribution in [2.24, 2.45) is 0 Å². The molecule has 0 fully saturated rings. The van der Waals surface area contributed by atoms with Crippen LogP contribution in [0, 0.1) is 5.82 Å². The van der Waals surface area contributed by atoms with Gasteiger partial charge in [-0.2, -0.15) is 0 Å². The summed E-state index contributed by atoms with van der Waals surface area (Å²) in [4.78, 5) is 17.2. The first-order valence-corrected chi connectivity index (χ1v) is 10.5. The Morgan fingerprint density at radius 2 is 1.77 bits per heavy atom. The number of benzene rings is 3. The summed E-state index contributed by atoms with van der Waals surface area (Å²) in [6.45, 7) is 2.87. The molecule has 0 saturated carbocycles. The minimum atomic E-state index is -0.203. The third kappa shape index (κ3) is 3.94. The van der Waals surface area contributed by atoms with Crippen molar-refractivity contribution in [1.82, 2.24) is 20.2 Å². The molecule has 0 spiro atoms. The van der Waals surface area contributed by atoms with Crippen LogP contribution in [-0.2, 0) is 19.5 Å². The van der Waals surface area contributed by atoms with Crippen molar-refractivity contribution in [3.05, 3.63) is 89.2 Å². The number of nitrogens with one attached hydrogen (secondary N) is 2. The van der Waals surface area contributed by atoms with Crippen LogP contribution < -0.4 is 10.6 Å². The van der Waals surface area contributed by atoms with E-state index < -0.39 is 0 Å². The van der Waals surface area contributed by atoms with Gasteiger partial charge in [-0.15, -0.1) is 0 Å². The smallest absolute Gasteiger partial charge is 0.253 e. The summed E-state index contributed by atoms with van der Waals surface area (Å²) >= 11 is 0. The zero-order valence-corrected chi connectivity index (χ0v) is 17.1. The lowest BCUT2D eigenvalue weighted by molar-refractivity contribution is 0.0956. The Balaban J connectivity index is 1.29. The highest BCUT2D eigenvalue weighted by Crippen LogP contribution is 2.28. The van der Waals surface area contributed by atoms with Crippen molar-refractivity contribution in [3.8, 4) is 11.4 Å². The van der Waals surface area contributed by atoms with E-state index in [2.05, 4.69) is 39.5 Å². The second-order valence-corrected chi connectivity index (χ2v) is 7.77. The van der Waals surface area contributed by atoms with Gasteiger partial charge in [-0.05, 0) is 48.4 Å². The topological polar surface area (TPSA) is 59.0 Å². The summed E-state index contributed by atoms with van der Waals surface area (Å²) < 4.78 is 15.1. The molecule has 1 aliphatic heterocycles. The molecular weight excluding hydrogens is 391 g/mol. The van der Waals surface area contributed by atoms with E-state index in [1.165, 1.54) is 17.7 Å². The predicted octanol–water partition coefficient (Wildman–Crippen LogP) is 3.92. The van der Waals surface area contributed by atoms with E-state index in [1.807, 2.05) is 30.3 Å². The highest BCUT2D eigenvalue weighted by Gasteiger charge is 2.21. The van der Waals surface area contributed by atoms with Gasteiger partial charge >= 0.3 is 0 Å². The highest BCUT2D eigenvalue weighted by atomic mass is 19.1. The summed E-state index contributed by atoms with van der Waals surface area (Å²) in [5, 5.41) is 6.39. The molecule has 4 aromatic rings. The summed E-state index contributed by atoms with van der Waals surface area (Å²) in [6.07, 6.45) is 0.859. The average molecular weight is 414 g/mol. The number of aromatic nitrogens is 2. The van der Waals surface area contributed by atoms with E-state index in [0.717, 1.165) is 47.5 Å². The monoisotopic (exact) mass is 414 g/mol. The number of hydrogen-bond acceptors (Lipinski definition) is 3. The van der Waals surface area contributed by atoms with Crippen molar-refractivity contribution in [1.29, 1.82) is 0 Å². The third-order valence-electron chi connectivity index (χ3n) is 5.68. The molecule has 3 aromatic carbocycles. The quantitative estimate of drug-likeness (QED) is 0.470. The first-order valence-electron chi connectivity index (χ1n) is 10.5. The molecule has 0 bridgehead atoms. The normalized spacial score (nSPS) is 13.3. The van der Waals surface area contributed by atoms with Crippen molar-refractivity contribution < 1.29 is 9.18 Å². The summed E-state index contributed by atoms with van der Waals surface area (Å²) in [6, 6.07) is 20.7. The molecule has 31 heavy (non-hydrogen) atoms. The second kappa shape index (κ2) is 8.32. The summed E-state index contributed by atoms with van der Waals surface area (Å²) in [5.41, 5.74) is 5.76. The van der Waals surface area contributed by atoms with Gasteiger partial charge in [-0.1, -0.05) is 42.5 Å². The fourth-order valence-corrected chi connectivity index (χ4v) is 4.07. The van der Waals surface area contributed by atoms with E-state index in [9.17, 15) is 9.18 Å². The number of amides is 1. The fourth-order valence-electron chi connectivity index (χ4n) is 4.07. The lowest BCUT2D eigenvalue weighted by Crippen LogP contribution is -2.24. The maximum absolute atomic E-state index is 13.0. The minimum Gasteiger partial charge on any atom is -0.350 e. The van der Waals surface area contributed by atoms with Crippen LogP contribution in [-0.4, -0.2) is 28.5 Å². The Kier molecular flexibility index (Phi) is 5.22. The van der Waals surface area contributed by atoms with Crippen LogP contribution in [0.2, 0.25) is 0 Å². The maximum Gasteiger partial charge on any atom is 0.253 e. The Labute approximate surface area is 179 Å². The second-order valence-electron chi connectivity index (χ2n) is 7.77. The lowest BCUT2D eigenvalue weighted by atomic mass is 10.1. The Morgan fingerprint density at radius 1 is 1.00 bits per heavy atom. The zero-order chi connectivity index (χ0) is 21.2. The van der Waals surface area contributed by atoms with Gasteiger partial charge in [0.15, 0.2) is 0 Å². The van der Waals surface area contributed by atoms with Crippen LogP contribution in [0.5, 0.6) is 0 Å². The fraction of sp³-hybridized carbons (Fsp3) is 0.200. The molecule has 2 N–H and O–H groups in total. The predicted molar refractivity (Wildman–Crippen MR) is 119 cm³/mol. The first kappa shape index (κ1) is 19.5. The molecule has 1 aliphatic rings. The minimum absolute atomic E-state index is 0.0436. The van der Waals surface area contributed by atoms with E-state index in [4.69, 9.17) is 4.98 Å². The van der Waals surface area contributed by atoms with E-state index in [0.29, 0.717) is 18.7 Å². The Hall–Kier alpha value is -3.51.